The third kappa shape index (κ3) is 1.96. The van der Waals surface area contributed by atoms with E-state index >= 15 is 0 Å². The molecule has 0 aliphatic heterocycles. The quantitative estimate of drug-likeness (QED) is 0.719. The highest BCUT2D eigenvalue weighted by molar-refractivity contribution is 6.29. The summed E-state index contributed by atoms with van der Waals surface area (Å²) < 4.78 is 0. The van der Waals surface area contributed by atoms with Crippen LogP contribution >= 0.6 is 11.6 Å². The number of nitrogens with zero attached hydrogens (tertiary/aromatic N) is 1. The molecule has 1 unspecified atom stereocenters. The van der Waals surface area contributed by atoms with Crippen LogP contribution in [0.1, 0.15) is 30.6 Å². The molecular weight excluding hydrogens is 174 g/mol. The van der Waals surface area contributed by atoms with Crippen LogP contribution in [-0.4, -0.2) is 10.1 Å². The number of hydrogen-bond acceptors (Lipinski definition) is 2. The normalized spacial score (nSPS) is 13.0. The summed E-state index contributed by atoms with van der Waals surface area (Å²) in [6, 6.07) is 1.76. The molecule has 0 saturated heterocycles. The lowest BCUT2D eigenvalue weighted by atomic mass is 10.1. The molecule has 0 spiro atoms. The summed E-state index contributed by atoms with van der Waals surface area (Å²) in [7, 11) is 0. The van der Waals surface area contributed by atoms with Gasteiger partial charge in [0.2, 0.25) is 0 Å². The minimum absolute atomic E-state index is 0.422. The molecule has 1 aromatic rings. The molecule has 1 N–H and O–H groups in total. The molecule has 0 fully saturated rings. The molecule has 3 heteroatoms. The van der Waals surface area contributed by atoms with Crippen molar-refractivity contribution >= 4 is 11.6 Å². The van der Waals surface area contributed by atoms with E-state index in [0.29, 0.717) is 11.6 Å². The molecule has 2 nitrogen and oxygen atoms in total. The van der Waals surface area contributed by atoms with Crippen LogP contribution < -0.4 is 0 Å². The van der Waals surface area contributed by atoms with Crippen LogP contribution in [-0.2, 0) is 0 Å². The van der Waals surface area contributed by atoms with Crippen molar-refractivity contribution in [3.63, 3.8) is 0 Å². The third-order valence-electron chi connectivity index (χ3n) is 1.86. The van der Waals surface area contributed by atoms with Gasteiger partial charge in [0.15, 0.2) is 0 Å². The summed E-state index contributed by atoms with van der Waals surface area (Å²) >= 11 is 5.67. The van der Waals surface area contributed by atoms with E-state index in [4.69, 9.17) is 11.6 Å². The number of aromatic nitrogens is 1. The Morgan fingerprint density at radius 1 is 1.67 bits per heavy atom. The fraction of sp³-hybridized carbons (Fsp3) is 0.444. The van der Waals surface area contributed by atoms with Gasteiger partial charge >= 0.3 is 0 Å². The van der Waals surface area contributed by atoms with E-state index in [1.165, 1.54) is 0 Å². The average Bonchev–Trinajstić information content (AvgIpc) is 2.03. The van der Waals surface area contributed by atoms with Crippen molar-refractivity contribution < 1.29 is 5.11 Å². The minimum Gasteiger partial charge on any atom is -0.388 e. The van der Waals surface area contributed by atoms with Crippen LogP contribution in [0.3, 0.4) is 0 Å². The van der Waals surface area contributed by atoms with Gasteiger partial charge in [0.1, 0.15) is 5.15 Å². The molecule has 1 aromatic heterocycles. The van der Waals surface area contributed by atoms with Crippen molar-refractivity contribution in [1.82, 2.24) is 4.98 Å². The smallest absolute Gasteiger partial charge is 0.129 e. The maximum Gasteiger partial charge on any atom is 0.129 e. The zero-order chi connectivity index (χ0) is 9.14. The summed E-state index contributed by atoms with van der Waals surface area (Å²) in [6.45, 7) is 3.85. The summed E-state index contributed by atoms with van der Waals surface area (Å²) in [5.41, 5.74) is 1.85. The number of halogens is 1. The number of rotatable bonds is 2. The molecule has 0 amide bonds. The molecule has 1 atom stereocenters. The highest BCUT2D eigenvalue weighted by Crippen LogP contribution is 2.20. The van der Waals surface area contributed by atoms with Crippen molar-refractivity contribution in [2.24, 2.45) is 0 Å². The van der Waals surface area contributed by atoms with Gasteiger partial charge in [0, 0.05) is 11.8 Å². The molecule has 0 radical (unpaired) electrons. The van der Waals surface area contributed by atoms with Crippen molar-refractivity contribution in [2.45, 2.75) is 26.4 Å². The highest BCUT2D eigenvalue weighted by atomic mass is 35.5. The molecule has 66 valence electrons. The topological polar surface area (TPSA) is 33.1 Å². The van der Waals surface area contributed by atoms with Gasteiger partial charge in [0.25, 0.3) is 0 Å². The predicted molar refractivity (Wildman–Crippen MR) is 49.2 cm³/mol. The minimum atomic E-state index is -0.422. The molecule has 1 heterocycles. The lowest BCUT2D eigenvalue weighted by Crippen LogP contribution is -1.99. The van der Waals surface area contributed by atoms with E-state index in [1.807, 2.05) is 13.8 Å². The Bertz CT molecular complexity index is 275. The van der Waals surface area contributed by atoms with E-state index in [2.05, 4.69) is 4.98 Å². The summed E-state index contributed by atoms with van der Waals surface area (Å²) in [5.74, 6) is 0. The van der Waals surface area contributed by atoms with Crippen molar-refractivity contribution in [1.29, 1.82) is 0 Å². The highest BCUT2D eigenvalue weighted by Gasteiger charge is 2.08. The second-order valence-corrected chi connectivity index (χ2v) is 3.17. The van der Waals surface area contributed by atoms with Gasteiger partial charge < -0.3 is 5.11 Å². The largest absolute Gasteiger partial charge is 0.388 e. The monoisotopic (exact) mass is 185 g/mol. The van der Waals surface area contributed by atoms with Crippen molar-refractivity contribution in [2.75, 3.05) is 0 Å². The Hall–Kier alpha value is -0.600. The number of pyridine rings is 1. The van der Waals surface area contributed by atoms with Crippen LogP contribution in [0.4, 0.5) is 0 Å². The number of aliphatic hydroxyl groups excluding tert-OH is 1. The fourth-order valence-electron chi connectivity index (χ4n) is 1.10. The first-order chi connectivity index (χ1) is 5.65. The Morgan fingerprint density at radius 3 is 2.83 bits per heavy atom. The predicted octanol–water partition coefficient (Wildman–Crippen LogP) is 2.49. The van der Waals surface area contributed by atoms with E-state index in [9.17, 15) is 5.11 Å². The zero-order valence-corrected chi connectivity index (χ0v) is 7.97. The molecular formula is C9H12ClNO. The molecule has 0 bridgehead atoms. The molecule has 0 aliphatic rings. The van der Waals surface area contributed by atoms with Gasteiger partial charge in [-0.1, -0.05) is 18.5 Å². The average molecular weight is 186 g/mol. The maximum absolute atomic E-state index is 9.52. The first kappa shape index (κ1) is 9.49. The maximum atomic E-state index is 9.52. The number of aryl methyl sites for hydroxylation is 1. The Labute approximate surface area is 77.2 Å². The molecule has 0 aliphatic carbocycles. The standard InChI is InChI=1S/C9H12ClNO/c1-3-8(12)7-5-11-9(10)4-6(7)2/h4-5,8,12H,3H2,1-2H3. The van der Waals surface area contributed by atoms with E-state index in [1.54, 1.807) is 12.3 Å². The van der Waals surface area contributed by atoms with Gasteiger partial charge in [-0.2, -0.15) is 0 Å². The first-order valence-electron chi connectivity index (χ1n) is 3.95. The van der Waals surface area contributed by atoms with Gasteiger partial charge in [0.05, 0.1) is 6.10 Å². The number of hydrogen-bond donors (Lipinski definition) is 1. The molecule has 0 saturated carbocycles. The lowest BCUT2D eigenvalue weighted by Gasteiger charge is -2.10. The zero-order valence-electron chi connectivity index (χ0n) is 7.21. The number of aliphatic hydroxyl groups is 1. The third-order valence-corrected chi connectivity index (χ3v) is 2.07. The van der Waals surface area contributed by atoms with Crippen LogP contribution in [0.15, 0.2) is 12.3 Å². The van der Waals surface area contributed by atoms with Crippen LogP contribution in [0, 0.1) is 6.92 Å². The van der Waals surface area contributed by atoms with Gasteiger partial charge in [-0.3, -0.25) is 0 Å². The Kier molecular flexibility index (Phi) is 3.06. The van der Waals surface area contributed by atoms with Crippen LogP contribution in [0.5, 0.6) is 0 Å². The van der Waals surface area contributed by atoms with E-state index in [0.717, 1.165) is 11.1 Å². The Balaban J connectivity index is 3.01. The summed E-state index contributed by atoms with van der Waals surface area (Å²) in [4.78, 5) is 3.91. The van der Waals surface area contributed by atoms with Gasteiger partial charge in [-0.15, -0.1) is 0 Å². The summed E-state index contributed by atoms with van der Waals surface area (Å²) in [6.07, 6.45) is 1.91. The van der Waals surface area contributed by atoms with Crippen molar-refractivity contribution in [3.05, 3.63) is 28.5 Å². The van der Waals surface area contributed by atoms with Gasteiger partial charge in [-0.25, -0.2) is 4.98 Å². The van der Waals surface area contributed by atoms with Crippen LogP contribution in [0.25, 0.3) is 0 Å². The van der Waals surface area contributed by atoms with E-state index in [-0.39, 0.29) is 0 Å². The fourth-order valence-corrected chi connectivity index (χ4v) is 1.31. The lowest BCUT2D eigenvalue weighted by molar-refractivity contribution is 0.172. The second-order valence-electron chi connectivity index (χ2n) is 2.79. The molecule has 1 rings (SSSR count). The van der Waals surface area contributed by atoms with E-state index < -0.39 is 6.10 Å². The Morgan fingerprint density at radius 2 is 2.33 bits per heavy atom. The van der Waals surface area contributed by atoms with Gasteiger partial charge in [-0.05, 0) is 25.0 Å². The van der Waals surface area contributed by atoms with Crippen LogP contribution in [0.2, 0.25) is 5.15 Å². The molecule has 0 aromatic carbocycles. The molecule has 12 heavy (non-hydrogen) atoms. The summed E-state index contributed by atoms with van der Waals surface area (Å²) in [5, 5.41) is 9.99. The first-order valence-corrected chi connectivity index (χ1v) is 4.33. The SMILES string of the molecule is CCC(O)c1cnc(Cl)cc1C. The van der Waals surface area contributed by atoms with Crippen molar-refractivity contribution in [3.8, 4) is 0 Å². The second kappa shape index (κ2) is 3.87.